The molecule has 0 bridgehead atoms. The van der Waals surface area contributed by atoms with Gasteiger partial charge in [0.2, 0.25) is 0 Å². The Bertz CT molecular complexity index is 600. The Kier molecular flexibility index (Phi) is 4.14. The van der Waals surface area contributed by atoms with Crippen LogP contribution in [0.15, 0.2) is 41.7 Å². The van der Waals surface area contributed by atoms with Crippen molar-refractivity contribution in [3.8, 4) is 5.69 Å². The van der Waals surface area contributed by atoms with Crippen molar-refractivity contribution in [1.82, 2.24) is 25.4 Å². The summed E-state index contributed by atoms with van der Waals surface area (Å²) in [5, 5.41) is 14.8. The van der Waals surface area contributed by atoms with Crippen LogP contribution in [-0.2, 0) is 6.54 Å². The van der Waals surface area contributed by atoms with Gasteiger partial charge in [0.1, 0.15) is 12.9 Å². The Morgan fingerprint density at radius 1 is 1.33 bits per heavy atom. The molecule has 2 aromatic rings. The van der Waals surface area contributed by atoms with Crippen LogP contribution in [-0.4, -0.2) is 33.3 Å². The van der Waals surface area contributed by atoms with E-state index in [1.807, 2.05) is 34.9 Å². The minimum absolute atomic E-state index is 0.497. The quantitative estimate of drug-likeness (QED) is 0.645. The predicted molar refractivity (Wildman–Crippen MR) is 82.3 cm³/mol. The van der Waals surface area contributed by atoms with Gasteiger partial charge in [-0.3, -0.25) is 4.57 Å². The second-order valence-electron chi connectivity index (χ2n) is 5.07. The van der Waals surface area contributed by atoms with Crippen LogP contribution in [0.25, 0.3) is 5.69 Å². The third kappa shape index (κ3) is 3.59. The number of hydrogen-bond donors (Lipinski definition) is 2. The summed E-state index contributed by atoms with van der Waals surface area (Å²) in [6.07, 6.45) is 4.18. The Labute approximate surface area is 124 Å². The number of nitrogens with zero attached hydrogens (tertiary/aromatic N) is 4. The van der Waals surface area contributed by atoms with E-state index < -0.39 is 0 Å². The Morgan fingerprint density at radius 2 is 2.14 bits per heavy atom. The molecule has 0 amide bonds. The van der Waals surface area contributed by atoms with Crippen molar-refractivity contribution in [1.29, 1.82) is 0 Å². The maximum atomic E-state index is 4.59. The third-order valence-corrected chi connectivity index (χ3v) is 3.29. The Balaban J connectivity index is 1.73. The summed E-state index contributed by atoms with van der Waals surface area (Å²) in [5.74, 6) is 1.68. The molecule has 0 unspecified atom stereocenters. The molecule has 1 aliphatic carbocycles. The maximum absolute atomic E-state index is 4.59. The van der Waals surface area contributed by atoms with Gasteiger partial charge in [-0.15, -0.1) is 10.2 Å². The summed E-state index contributed by atoms with van der Waals surface area (Å²) >= 11 is 0. The first-order valence-corrected chi connectivity index (χ1v) is 7.36. The van der Waals surface area contributed by atoms with Crippen LogP contribution in [0, 0.1) is 0 Å². The molecule has 0 spiro atoms. The monoisotopic (exact) mass is 284 g/mol. The van der Waals surface area contributed by atoms with Crippen LogP contribution in [0.4, 0.5) is 0 Å². The van der Waals surface area contributed by atoms with Crippen LogP contribution in [0.5, 0.6) is 0 Å². The van der Waals surface area contributed by atoms with Crippen LogP contribution in [0.3, 0.4) is 0 Å². The second-order valence-corrected chi connectivity index (χ2v) is 5.07. The minimum Gasteiger partial charge on any atom is -0.357 e. The molecule has 0 atom stereocenters. The average molecular weight is 284 g/mol. The lowest BCUT2D eigenvalue weighted by atomic mass is 10.3. The van der Waals surface area contributed by atoms with Gasteiger partial charge in [0, 0.05) is 18.3 Å². The largest absolute Gasteiger partial charge is 0.357 e. The van der Waals surface area contributed by atoms with Crippen LogP contribution < -0.4 is 10.6 Å². The van der Waals surface area contributed by atoms with Gasteiger partial charge in [0.15, 0.2) is 11.8 Å². The molecule has 110 valence electrons. The lowest BCUT2D eigenvalue weighted by Crippen LogP contribution is -2.38. The van der Waals surface area contributed by atoms with Crippen molar-refractivity contribution < 1.29 is 0 Å². The molecule has 0 saturated heterocycles. The van der Waals surface area contributed by atoms with E-state index in [0.717, 1.165) is 24.0 Å². The lowest BCUT2D eigenvalue weighted by molar-refractivity contribution is 0.791. The summed E-state index contributed by atoms with van der Waals surface area (Å²) in [5.41, 5.74) is 1.05. The van der Waals surface area contributed by atoms with E-state index in [1.165, 1.54) is 12.8 Å². The van der Waals surface area contributed by atoms with Crippen molar-refractivity contribution in [3.63, 3.8) is 0 Å². The van der Waals surface area contributed by atoms with Crippen LogP contribution >= 0.6 is 0 Å². The van der Waals surface area contributed by atoms with Gasteiger partial charge in [-0.25, -0.2) is 4.99 Å². The first-order chi connectivity index (χ1) is 10.4. The van der Waals surface area contributed by atoms with Crippen molar-refractivity contribution >= 4 is 5.96 Å². The van der Waals surface area contributed by atoms with Gasteiger partial charge in [0.25, 0.3) is 0 Å². The maximum Gasteiger partial charge on any atom is 0.191 e. The molecule has 3 rings (SSSR count). The number of aromatic nitrogens is 3. The summed E-state index contributed by atoms with van der Waals surface area (Å²) in [6.45, 7) is 3.41. The average Bonchev–Trinajstić information content (AvgIpc) is 3.20. The van der Waals surface area contributed by atoms with E-state index in [4.69, 9.17) is 0 Å². The van der Waals surface area contributed by atoms with Crippen molar-refractivity contribution in [2.75, 3.05) is 6.54 Å². The highest BCUT2D eigenvalue weighted by Gasteiger charge is 2.22. The van der Waals surface area contributed by atoms with Crippen molar-refractivity contribution in [2.45, 2.75) is 32.4 Å². The minimum atomic E-state index is 0.497. The molecule has 1 aromatic carbocycles. The highest BCUT2D eigenvalue weighted by Crippen LogP contribution is 2.18. The molecular formula is C15H20N6. The molecule has 1 aromatic heterocycles. The molecule has 1 heterocycles. The topological polar surface area (TPSA) is 67.1 Å². The Hall–Kier alpha value is -2.37. The molecule has 1 aliphatic rings. The number of para-hydroxylation sites is 1. The number of aliphatic imine (C=N–C) groups is 1. The summed E-state index contributed by atoms with van der Waals surface area (Å²) in [6, 6.07) is 10.6. The normalized spacial score (nSPS) is 15.0. The first kappa shape index (κ1) is 13.6. The van der Waals surface area contributed by atoms with Gasteiger partial charge in [-0.1, -0.05) is 18.2 Å². The van der Waals surface area contributed by atoms with Crippen LogP contribution in [0.2, 0.25) is 0 Å². The van der Waals surface area contributed by atoms with E-state index in [9.17, 15) is 0 Å². The van der Waals surface area contributed by atoms with E-state index >= 15 is 0 Å². The van der Waals surface area contributed by atoms with E-state index in [-0.39, 0.29) is 0 Å². The van der Waals surface area contributed by atoms with E-state index in [1.54, 1.807) is 6.33 Å². The number of guanidine groups is 1. The molecule has 1 fully saturated rings. The zero-order chi connectivity index (χ0) is 14.5. The summed E-state index contributed by atoms with van der Waals surface area (Å²) in [4.78, 5) is 4.59. The summed E-state index contributed by atoms with van der Waals surface area (Å²) in [7, 11) is 0. The summed E-state index contributed by atoms with van der Waals surface area (Å²) < 4.78 is 1.96. The molecule has 0 radical (unpaired) electrons. The third-order valence-electron chi connectivity index (χ3n) is 3.29. The number of benzene rings is 1. The molecule has 6 heteroatoms. The van der Waals surface area contributed by atoms with Crippen molar-refractivity contribution in [3.05, 3.63) is 42.5 Å². The smallest absolute Gasteiger partial charge is 0.191 e. The van der Waals surface area contributed by atoms with Gasteiger partial charge >= 0.3 is 0 Å². The first-order valence-electron chi connectivity index (χ1n) is 7.36. The fourth-order valence-electron chi connectivity index (χ4n) is 2.06. The number of rotatable bonds is 5. The zero-order valence-corrected chi connectivity index (χ0v) is 12.2. The fraction of sp³-hybridized carbons (Fsp3) is 0.400. The van der Waals surface area contributed by atoms with Gasteiger partial charge in [-0.05, 0) is 31.9 Å². The van der Waals surface area contributed by atoms with E-state index in [2.05, 4.69) is 32.7 Å². The lowest BCUT2D eigenvalue weighted by Gasteiger charge is -2.10. The molecule has 6 nitrogen and oxygen atoms in total. The molecule has 2 N–H and O–H groups in total. The molecule has 0 aliphatic heterocycles. The Morgan fingerprint density at radius 3 is 2.86 bits per heavy atom. The highest BCUT2D eigenvalue weighted by molar-refractivity contribution is 5.80. The standard InChI is InChI=1S/C15H20N6/c1-2-16-15(19-12-8-9-12)17-10-14-20-18-11-21(14)13-6-4-3-5-7-13/h3-7,11-12H,2,8-10H2,1H3,(H2,16,17,19). The van der Waals surface area contributed by atoms with Crippen LogP contribution in [0.1, 0.15) is 25.6 Å². The predicted octanol–water partition coefficient (Wildman–Crippen LogP) is 1.48. The van der Waals surface area contributed by atoms with Gasteiger partial charge in [0.05, 0.1) is 0 Å². The number of nitrogens with one attached hydrogen (secondary N) is 2. The SMILES string of the molecule is CCNC(=NCc1nncn1-c1ccccc1)NC1CC1. The second kappa shape index (κ2) is 6.39. The molecule has 1 saturated carbocycles. The zero-order valence-electron chi connectivity index (χ0n) is 12.2. The fourth-order valence-corrected chi connectivity index (χ4v) is 2.06. The highest BCUT2D eigenvalue weighted by atomic mass is 15.3. The van der Waals surface area contributed by atoms with Crippen molar-refractivity contribution in [2.24, 2.45) is 4.99 Å². The molecule has 21 heavy (non-hydrogen) atoms. The molecular weight excluding hydrogens is 264 g/mol. The van der Waals surface area contributed by atoms with Gasteiger partial charge in [-0.2, -0.15) is 0 Å². The van der Waals surface area contributed by atoms with E-state index in [0.29, 0.717) is 12.6 Å². The number of hydrogen-bond acceptors (Lipinski definition) is 3. The van der Waals surface area contributed by atoms with Gasteiger partial charge < -0.3 is 10.6 Å².